The van der Waals surface area contributed by atoms with Gasteiger partial charge in [-0.15, -0.1) is 0 Å². The van der Waals surface area contributed by atoms with E-state index in [1.165, 1.54) is 12.2 Å². The molecule has 0 bridgehead atoms. The molecule has 0 aliphatic rings. The van der Waals surface area contributed by atoms with Crippen LogP contribution in [0.1, 0.15) is 20.8 Å². The van der Waals surface area contributed by atoms with Gasteiger partial charge < -0.3 is 9.84 Å². The molecule has 0 radical (unpaired) electrons. The number of hydrogen-bond acceptors (Lipinski definition) is 3. The van der Waals surface area contributed by atoms with E-state index in [0.29, 0.717) is 6.61 Å². The fraction of sp³-hybridized carbons (Fsp3) is 0.667. The first-order valence-corrected chi connectivity index (χ1v) is 4.11. The van der Waals surface area contributed by atoms with E-state index in [1.807, 2.05) is 13.8 Å². The molecule has 0 saturated carbocycles. The van der Waals surface area contributed by atoms with Crippen LogP contribution in [0.25, 0.3) is 0 Å². The van der Waals surface area contributed by atoms with Crippen molar-refractivity contribution in [2.75, 3.05) is 6.61 Å². The summed E-state index contributed by atoms with van der Waals surface area (Å²) in [5, 5.41) is 9.25. The smallest absolute Gasteiger partial charge is 0.330 e. The molecular weight excluding hydrogens is 156 g/mol. The molecule has 0 aliphatic carbocycles. The van der Waals surface area contributed by atoms with E-state index in [1.54, 1.807) is 6.92 Å². The Morgan fingerprint density at radius 1 is 1.58 bits per heavy atom. The zero-order valence-corrected chi connectivity index (χ0v) is 7.78. The fourth-order valence-electron chi connectivity index (χ4n) is 0.590. The second-order valence-corrected chi connectivity index (χ2v) is 2.85. The van der Waals surface area contributed by atoms with Crippen LogP contribution in [0.3, 0.4) is 0 Å². The number of hydrogen-bond donors (Lipinski definition) is 1. The van der Waals surface area contributed by atoms with Gasteiger partial charge in [-0.25, -0.2) is 4.79 Å². The van der Waals surface area contributed by atoms with Gasteiger partial charge in [0.05, 0.1) is 12.7 Å². The van der Waals surface area contributed by atoms with Crippen LogP contribution in [-0.4, -0.2) is 23.8 Å². The highest BCUT2D eigenvalue weighted by Crippen LogP contribution is 2.01. The van der Waals surface area contributed by atoms with E-state index in [-0.39, 0.29) is 5.92 Å². The molecule has 3 nitrogen and oxygen atoms in total. The van der Waals surface area contributed by atoms with Crippen LogP contribution in [0, 0.1) is 5.92 Å². The molecule has 12 heavy (non-hydrogen) atoms. The number of ether oxygens (including phenoxy) is 1. The molecule has 0 amide bonds. The molecule has 0 aromatic carbocycles. The van der Waals surface area contributed by atoms with Crippen molar-refractivity contribution in [1.82, 2.24) is 0 Å². The third-order valence-electron chi connectivity index (χ3n) is 1.40. The Morgan fingerprint density at radius 3 is 2.58 bits per heavy atom. The number of carbonyl (C=O) groups is 1. The van der Waals surface area contributed by atoms with Crippen molar-refractivity contribution >= 4 is 5.97 Å². The van der Waals surface area contributed by atoms with Crippen molar-refractivity contribution in [3.05, 3.63) is 12.2 Å². The lowest BCUT2D eigenvalue weighted by Gasteiger charge is -2.07. The van der Waals surface area contributed by atoms with Crippen LogP contribution >= 0.6 is 0 Å². The lowest BCUT2D eigenvalue weighted by molar-refractivity contribution is -0.137. The predicted molar refractivity (Wildman–Crippen MR) is 46.6 cm³/mol. The van der Waals surface area contributed by atoms with Crippen molar-refractivity contribution in [3.63, 3.8) is 0 Å². The summed E-state index contributed by atoms with van der Waals surface area (Å²) < 4.78 is 4.64. The Morgan fingerprint density at radius 2 is 2.17 bits per heavy atom. The first-order valence-electron chi connectivity index (χ1n) is 4.11. The highest BCUT2D eigenvalue weighted by molar-refractivity contribution is 5.81. The molecule has 0 saturated heterocycles. The third kappa shape index (κ3) is 4.91. The van der Waals surface area contributed by atoms with Gasteiger partial charge in [-0.3, -0.25) is 0 Å². The van der Waals surface area contributed by atoms with Gasteiger partial charge in [0, 0.05) is 6.08 Å². The van der Waals surface area contributed by atoms with Gasteiger partial charge in [0.25, 0.3) is 0 Å². The van der Waals surface area contributed by atoms with Crippen LogP contribution < -0.4 is 0 Å². The van der Waals surface area contributed by atoms with Gasteiger partial charge in [0.15, 0.2) is 0 Å². The van der Waals surface area contributed by atoms with Crippen molar-refractivity contribution in [2.24, 2.45) is 5.92 Å². The molecule has 0 aromatic heterocycles. The number of rotatable bonds is 4. The maximum Gasteiger partial charge on any atom is 0.330 e. The molecule has 0 rings (SSSR count). The number of carbonyl (C=O) groups excluding carboxylic acids is 1. The Kier molecular flexibility index (Phi) is 5.37. The molecular formula is C9H16O3. The minimum atomic E-state index is -0.575. The summed E-state index contributed by atoms with van der Waals surface area (Å²) >= 11 is 0. The summed E-state index contributed by atoms with van der Waals surface area (Å²) in [6.07, 6.45) is 2.13. The Labute approximate surface area is 73.0 Å². The van der Waals surface area contributed by atoms with Gasteiger partial charge in [-0.1, -0.05) is 13.8 Å². The van der Waals surface area contributed by atoms with E-state index >= 15 is 0 Å². The van der Waals surface area contributed by atoms with Crippen LogP contribution in [-0.2, 0) is 9.53 Å². The van der Waals surface area contributed by atoms with E-state index in [9.17, 15) is 9.90 Å². The monoisotopic (exact) mass is 172 g/mol. The van der Waals surface area contributed by atoms with Crippen molar-refractivity contribution in [3.8, 4) is 0 Å². The van der Waals surface area contributed by atoms with Crippen molar-refractivity contribution in [1.29, 1.82) is 0 Å². The average Bonchev–Trinajstić information content (AvgIpc) is 2.00. The first kappa shape index (κ1) is 11.2. The van der Waals surface area contributed by atoms with Crippen molar-refractivity contribution in [2.45, 2.75) is 26.9 Å². The zero-order valence-electron chi connectivity index (χ0n) is 7.78. The minimum Gasteiger partial charge on any atom is -0.463 e. The van der Waals surface area contributed by atoms with Gasteiger partial charge in [-0.05, 0) is 18.9 Å². The molecule has 0 fully saturated rings. The molecule has 1 N–H and O–H groups in total. The number of aliphatic hydroxyl groups is 1. The summed E-state index contributed by atoms with van der Waals surface area (Å²) in [5.74, 6) is -0.284. The minimum absolute atomic E-state index is 0.121. The lowest BCUT2D eigenvalue weighted by Crippen LogP contribution is -2.11. The highest BCUT2D eigenvalue weighted by Gasteiger charge is 2.04. The van der Waals surface area contributed by atoms with Gasteiger partial charge in [0.2, 0.25) is 0 Å². The summed E-state index contributed by atoms with van der Waals surface area (Å²) in [6, 6.07) is 0. The molecule has 0 heterocycles. The molecule has 0 spiro atoms. The second-order valence-electron chi connectivity index (χ2n) is 2.85. The molecule has 0 aliphatic heterocycles. The van der Waals surface area contributed by atoms with Crippen LogP contribution in [0.15, 0.2) is 12.2 Å². The van der Waals surface area contributed by atoms with E-state index in [0.717, 1.165) is 0 Å². The van der Waals surface area contributed by atoms with Gasteiger partial charge >= 0.3 is 5.97 Å². The highest BCUT2D eigenvalue weighted by atomic mass is 16.5. The van der Waals surface area contributed by atoms with Crippen LogP contribution in [0.5, 0.6) is 0 Å². The van der Waals surface area contributed by atoms with Crippen LogP contribution in [0.2, 0.25) is 0 Å². The zero-order chi connectivity index (χ0) is 9.56. The normalized spacial score (nSPS) is 13.8. The molecule has 1 atom stereocenters. The van der Waals surface area contributed by atoms with Gasteiger partial charge in [0.1, 0.15) is 0 Å². The predicted octanol–water partition coefficient (Wildman–Crippen LogP) is 1.12. The maximum atomic E-state index is 10.7. The van der Waals surface area contributed by atoms with E-state index in [4.69, 9.17) is 0 Å². The van der Waals surface area contributed by atoms with E-state index in [2.05, 4.69) is 4.74 Å². The quantitative estimate of drug-likeness (QED) is 0.510. The SMILES string of the molecule is CCOC(=O)/C=C/[C@H](O)C(C)C. The second kappa shape index (κ2) is 5.77. The molecule has 70 valence electrons. The topological polar surface area (TPSA) is 46.5 Å². The average molecular weight is 172 g/mol. The van der Waals surface area contributed by atoms with E-state index < -0.39 is 12.1 Å². The lowest BCUT2D eigenvalue weighted by atomic mass is 10.1. The Balaban J connectivity index is 3.81. The number of aliphatic hydroxyl groups excluding tert-OH is 1. The first-order chi connectivity index (χ1) is 5.57. The van der Waals surface area contributed by atoms with Gasteiger partial charge in [-0.2, -0.15) is 0 Å². The largest absolute Gasteiger partial charge is 0.463 e. The van der Waals surface area contributed by atoms with Crippen molar-refractivity contribution < 1.29 is 14.6 Å². The fourth-order valence-corrected chi connectivity index (χ4v) is 0.590. The summed E-state index contributed by atoms with van der Waals surface area (Å²) in [5.41, 5.74) is 0. The molecule has 0 unspecified atom stereocenters. The molecule has 0 aromatic rings. The molecule has 3 heteroatoms. The number of esters is 1. The van der Waals surface area contributed by atoms with Crippen LogP contribution in [0.4, 0.5) is 0 Å². The standard InChI is InChI=1S/C9H16O3/c1-4-12-9(11)6-5-8(10)7(2)3/h5-8,10H,4H2,1-3H3/b6-5+/t8-/m0/s1. The third-order valence-corrected chi connectivity index (χ3v) is 1.40. The Hall–Kier alpha value is -0.830. The maximum absolute atomic E-state index is 10.7. The summed E-state index contributed by atoms with van der Waals surface area (Å²) in [4.78, 5) is 10.7. The Bertz CT molecular complexity index is 161. The summed E-state index contributed by atoms with van der Waals surface area (Å²) in [7, 11) is 0. The summed E-state index contributed by atoms with van der Waals surface area (Å²) in [6.45, 7) is 5.85.